The molecule has 2 aliphatic heterocycles. The number of hydrogen-bond donors (Lipinski definition) is 5. The van der Waals surface area contributed by atoms with Gasteiger partial charge in [0.05, 0.1) is 18.1 Å². The molecule has 2 fully saturated rings. The molecular weight excluding hydrogens is 526 g/mol. The quantitative estimate of drug-likeness (QED) is 0.230. The predicted octanol–water partition coefficient (Wildman–Crippen LogP) is 0.223. The monoisotopic (exact) mass is 571 g/mol. The van der Waals surface area contributed by atoms with Gasteiger partial charge >= 0.3 is 6.09 Å². The fourth-order valence-corrected chi connectivity index (χ4v) is 6.22. The first-order valence-corrected chi connectivity index (χ1v) is 16.3. The van der Waals surface area contributed by atoms with Crippen LogP contribution >= 0.6 is 0 Å². The molecule has 13 nitrogen and oxygen atoms in total. The Morgan fingerprint density at radius 2 is 1.64 bits per heavy atom. The highest BCUT2D eigenvalue weighted by Gasteiger charge is 2.45. The minimum Gasteiger partial charge on any atom is -0.465 e. The zero-order chi connectivity index (χ0) is 29.9. The first-order chi connectivity index (χ1) is 17.9. The number of rotatable bonds is 10. The second kappa shape index (κ2) is 12.6. The predicted molar refractivity (Wildman–Crippen MR) is 145 cm³/mol. The van der Waals surface area contributed by atoms with Gasteiger partial charge in [-0.3, -0.25) is 19.2 Å². The lowest BCUT2D eigenvalue weighted by Crippen LogP contribution is -2.57. The molecule has 0 aliphatic carbocycles. The molecule has 222 valence electrons. The molecule has 5 amide bonds. The van der Waals surface area contributed by atoms with Gasteiger partial charge in [0.15, 0.2) is 8.32 Å². The highest BCUT2D eigenvalue weighted by molar-refractivity contribution is 6.74. The number of hydrogen-bond acceptors (Lipinski definition) is 7. The average Bonchev–Trinajstić information content (AvgIpc) is 3.48. The summed E-state index contributed by atoms with van der Waals surface area (Å²) in [5.74, 6) is -2.76. The third kappa shape index (κ3) is 7.91. The van der Waals surface area contributed by atoms with E-state index in [9.17, 15) is 34.2 Å². The van der Waals surface area contributed by atoms with Gasteiger partial charge in [0.2, 0.25) is 23.6 Å². The topological polar surface area (TPSA) is 192 Å². The number of aliphatic hydroxyl groups excluding tert-OH is 1. The fraction of sp³-hybridized carbons (Fsp3) is 0.800. The van der Waals surface area contributed by atoms with E-state index in [1.54, 1.807) is 6.92 Å². The number of nitrogens with two attached hydrogens (primary N) is 1. The van der Waals surface area contributed by atoms with E-state index in [2.05, 4.69) is 10.6 Å². The number of amides is 5. The third-order valence-electron chi connectivity index (χ3n) is 8.08. The molecular formula is C25H45N5O8Si. The Morgan fingerprint density at radius 1 is 1.03 bits per heavy atom. The van der Waals surface area contributed by atoms with E-state index < -0.39 is 68.4 Å². The molecule has 39 heavy (non-hydrogen) atoms. The maximum Gasteiger partial charge on any atom is 0.405 e. The highest BCUT2D eigenvalue weighted by Crippen LogP contribution is 2.37. The zero-order valence-corrected chi connectivity index (χ0v) is 25.0. The summed E-state index contributed by atoms with van der Waals surface area (Å²) in [6, 6.07) is -3.23. The molecule has 0 radical (unpaired) electrons. The summed E-state index contributed by atoms with van der Waals surface area (Å²) in [4.78, 5) is 65.7. The number of nitrogens with zero attached hydrogens (tertiary/aromatic N) is 2. The van der Waals surface area contributed by atoms with Crippen LogP contribution in [0.15, 0.2) is 0 Å². The zero-order valence-electron chi connectivity index (χ0n) is 24.0. The minimum atomic E-state index is -2.31. The number of aliphatic hydroxyl groups is 1. The number of carbonyl (C=O) groups is 5. The second-order valence-corrected chi connectivity index (χ2v) is 16.9. The van der Waals surface area contributed by atoms with Gasteiger partial charge in [-0.1, -0.05) is 20.8 Å². The van der Waals surface area contributed by atoms with Crippen molar-refractivity contribution in [3.8, 4) is 0 Å². The van der Waals surface area contributed by atoms with Crippen LogP contribution in [0.1, 0.15) is 53.9 Å². The maximum atomic E-state index is 13.4. The van der Waals surface area contributed by atoms with E-state index in [-0.39, 0.29) is 24.0 Å². The standard InChI is InChI=1S/C25H45N5O8Si/c1-14(31)18(20(26)32)27-21(33)17-9-8-11-30(17)22(34)16-10-12-29(13-16)23(35)19(28-24(36)37)15(2)38-39(6,7)25(3,4)5/h14-19,28,31H,8-13H2,1-7H3,(H2,26,32)(H,27,33)(H,36,37)/t14-,15-,16-,17-,18+,19+/m1/s1. The van der Waals surface area contributed by atoms with E-state index in [0.29, 0.717) is 25.8 Å². The van der Waals surface area contributed by atoms with Crippen molar-refractivity contribution in [3.05, 3.63) is 0 Å². The van der Waals surface area contributed by atoms with Gasteiger partial charge in [-0.05, 0) is 51.2 Å². The van der Waals surface area contributed by atoms with Crippen LogP contribution in [0.2, 0.25) is 18.1 Å². The van der Waals surface area contributed by atoms with Crippen molar-refractivity contribution in [3.63, 3.8) is 0 Å². The van der Waals surface area contributed by atoms with Crippen LogP contribution in [0.5, 0.6) is 0 Å². The van der Waals surface area contributed by atoms with Crippen LogP contribution < -0.4 is 16.4 Å². The molecule has 14 heteroatoms. The van der Waals surface area contributed by atoms with Crippen molar-refractivity contribution >= 4 is 38.0 Å². The Bertz CT molecular complexity index is 953. The van der Waals surface area contributed by atoms with Gasteiger partial charge in [-0.15, -0.1) is 0 Å². The first-order valence-electron chi connectivity index (χ1n) is 13.4. The molecule has 6 N–H and O–H groups in total. The van der Waals surface area contributed by atoms with Gasteiger partial charge in [0.1, 0.15) is 18.1 Å². The van der Waals surface area contributed by atoms with Gasteiger partial charge in [-0.2, -0.15) is 0 Å². The van der Waals surface area contributed by atoms with E-state index >= 15 is 0 Å². The molecule has 0 aromatic carbocycles. The van der Waals surface area contributed by atoms with Crippen molar-refractivity contribution in [1.82, 2.24) is 20.4 Å². The van der Waals surface area contributed by atoms with Crippen LogP contribution in [0.25, 0.3) is 0 Å². The Hall–Kier alpha value is -2.71. The lowest BCUT2D eigenvalue weighted by molar-refractivity contribution is -0.142. The summed E-state index contributed by atoms with van der Waals surface area (Å²) in [7, 11) is -2.31. The number of nitrogens with one attached hydrogen (secondary N) is 2. The summed E-state index contributed by atoms with van der Waals surface area (Å²) >= 11 is 0. The second-order valence-electron chi connectivity index (χ2n) is 12.1. The Kier molecular flexibility index (Phi) is 10.5. The van der Waals surface area contributed by atoms with Gasteiger partial charge < -0.3 is 40.8 Å². The van der Waals surface area contributed by atoms with E-state index in [1.807, 2.05) is 33.9 Å². The molecule has 0 bridgehead atoms. The molecule has 2 heterocycles. The summed E-state index contributed by atoms with van der Waals surface area (Å²) in [5, 5.41) is 23.8. The van der Waals surface area contributed by atoms with Crippen LogP contribution in [-0.2, 0) is 23.6 Å². The maximum absolute atomic E-state index is 13.4. The summed E-state index contributed by atoms with van der Waals surface area (Å²) in [6.07, 6.45) is -1.91. The molecule has 0 unspecified atom stereocenters. The molecule has 2 aliphatic rings. The van der Waals surface area contributed by atoms with Crippen molar-refractivity contribution in [2.24, 2.45) is 11.7 Å². The SMILES string of the molecule is C[C@@H](O)[C@H](NC(=O)[C@H]1CCCN1C(=O)[C@@H]1CCN(C(=O)[C@@H](NC(=O)O)[C@@H](C)O[Si](C)(C)C(C)(C)C)C1)C(N)=O. The van der Waals surface area contributed by atoms with Crippen LogP contribution in [0, 0.1) is 5.92 Å². The van der Waals surface area contributed by atoms with E-state index in [0.717, 1.165) is 0 Å². The fourth-order valence-electron chi connectivity index (χ4n) is 4.80. The largest absolute Gasteiger partial charge is 0.465 e. The van der Waals surface area contributed by atoms with Gasteiger partial charge in [0.25, 0.3) is 0 Å². The molecule has 0 aromatic heterocycles. The molecule has 0 saturated carbocycles. The number of carboxylic acid groups (broad SMARTS) is 1. The smallest absolute Gasteiger partial charge is 0.405 e. The third-order valence-corrected chi connectivity index (χ3v) is 12.6. The van der Waals surface area contributed by atoms with Gasteiger partial charge in [-0.25, -0.2) is 4.79 Å². The van der Waals surface area contributed by atoms with Crippen molar-refractivity contribution in [2.75, 3.05) is 19.6 Å². The van der Waals surface area contributed by atoms with Crippen molar-refractivity contribution < 1.29 is 38.6 Å². The average molecular weight is 572 g/mol. The Labute approximate surface area is 230 Å². The Morgan fingerprint density at radius 3 is 2.15 bits per heavy atom. The first kappa shape index (κ1) is 32.5. The molecule has 6 atom stereocenters. The Balaban J connectivity index is 2.11. The number of likely N-dealkylation sites (tertiary alicyclic amines) is 2. The van der Waals surface area contributed by atoms with Crippen molar-refractivity contribution in [2.45, 2.75) is 102 Å². The lowest BCUT2D eigenvalue weighted by Gasteiger charge is -2.40. The van der Waals surface area contributed by atoms with Crippen LogP contribution in [0.4, 0.5) is 4.79 Å². The highest BCUT2D eigenvalue weighted by atomic mass is 28.4. The van der Waals surface area contributed by atoms with Crippen LogP contribution in [-0.4, -0.2) is 108 Å². The minimum absolute atomic E-state index is 0.0880. The van der Waals surface area contributed by atoms with Gasteiger partial charge in [0, 0.05) is 19.6 Å². The molecule has 2 saturated heterocycles. The summed E-state index contributed by atoms with van der Waals surface area (Å²) < 4.78 is 6.30. The van der Waals surface area contributed by atoms with E-state index in [4.69, 9.17) is 10.2 Å². The summed E-state index contributed by atoms with van der Waals surface area (Å²) in [6.45, 7) is 13.9. The molecule has 2 rings (SSSR count). The molecule has 0 aromatic rings. The summed E-state index contributed by atoms with van der Waals surface area (Å²) in [5.41, 5.74) is 5.27. The van der Waals surface area contributed by atoms with Crippen molar-refractivity contribution in [1.29, 1.82) is 0 Å². The molecule has 0 spiro atoms. The number of carbonyl (C=O) groups excluding carboxylic acids is 4. The van der Waals surface area contributed by atoms with Crippen LogP contribution in [0.3, 0.4) is 0 Å². The normalized spacial score (nSPS) is 23.1. The lowest BCUT2D eigenvalue weighted by atomic mass is 10.1. The number of primary amides is 1. The van der Waals surface area contributed by atoms with E-state index in [1.165, 1.54) is 16.7 Å².